The van der Waals surface area contributed by atoms with Crippen LogP contribution >= 0.6 is 0 Å². The number of carbonyl (C=O) groups excluding carboxylic acids is 1. The van der Waals surface area contributed by atoms with Crippen LogP contribution in [-0.2, 0) is 6.42 Å². The standard InChI is InChI=1S/C15H23NO3/c1-3-13-12(6-8-19-13)14(17)16-10-15(18)7-4-5-11(2)9-15/h6,8,11,18H,3-5,7,9-10H2,1-2H3,(H,16,17). The van der Waals surface area contributed by atoms with Crippen molar-refractivity contribution in [3.8, 4) is 0 Å². The maximum absolute atomic E-state index is 12.1. The van der Waals surface area contributed by atoms with Gasteiger partial charge in [0.25, 0.3) is 5.91 Å². The molecule has 2 N–H and O–H groups in total. The molecule has 2 unspecified atom stereocenters. The fourth-order valence-electron chi connectivity index (χ4n) is 2.95. The van der Waals surface area contributed by atoms with Crippen LogP contribution in [-0.4, -0.2) is 23.2 Å². The number of nitrogens with one attached hydrogen (secondary N) is 1. The van der Waals surface area contributed by atoms with Gasteiger partial charge in [-0.05, 0) is 24.8 Å². The summed E-state index contributed by atoms with van der Waals surface area (Å²) in [5.41, 5.74) is -0.168. The molecule has 0 spiro atoms. The molecular formula is C15H23NO3. The summed E-state index contributed by atoms with van der Waals surface area (Å²) in [7, 11) is 0. The summed E-state index contributed by atoms with van der Waals surface area (Å²) in [6, 6.07) is 1.68. The average Bonchev–Trinajstić information content (AvgIpc) is 2.84. The predicted molar refractivity (Wildman–Crippen MR) is 73.0 cm³/mol. The van der Waals surface area contributed by atoms with E-state index < -0.39 is 5.60 Å². The quantitative estimate of drug-likeness (QED) is 0.879. The summed E-state index contributed by atoms with van der Waals surface area (Å²) in [5, 5.41) is 13.3. The molecule has 1 aromatic heterocycles. The van der Waals surface area contributed by atoms with E-state index in [0.717, 1.165) is 25.7 Å². The second-order valence-corrected chi connectivity index (χ2v) is 5.72. The van der Waals surface area contributed by atoms with E-state index in [1.54, 1.807) is 6.07 Å². The molecule has 1 aromatic rings. The van der Waals surface area contributed by atoms with Gasteiger partial charge in [-0.3, -0.25) is 4.79 Å². The van der Waals surface area contributed by atoms with Gasteiger partial charge < -0.3 is 14.8 Å². The first-order chi connectivity index (χ1) is 9.04. The highest BCUT2D eigenvalue weighted by molar-refractivity contribution is 5.95. The van der Waals surface area contributed by atoms with Gasteiger partial charge in [-0.15, -0.1) is 0 Å². The number of amides is 1. The van der Waals surface area contributed by atoms with Crippen molar-refractivity contribution in [2.75, 3.05) is 6.54 Å². The number of rotatable bonds is 4. The van der Waals surface area contributed by atoms with Gasteiger partial charge in [0, 0.05) is 13.0 Å². The Hall–Kier alpha value is -1.29. The van der Waals surface area contributed by atoms with Crippen molar-refractivity contribution >= 4 is 5.91 Å². The Morgan fingerprint density at radius 3 is 3.11 bits per heavy atom. The molecule has 1 heterocycles. The zero-order valence-corrected chi connectivity index (χ0v) is 11.7. The summed E-state index contributed by atoms with van der Waals surface area (Å²) in [6.45, 7) is 4.42. The highest BCUT2D eigenvalue weighted by Crippen LogP contribution is 2.31. The lowest BCUT2D eigenvalue weighted by Crippen LogP contribution is -2.45. The first kappa shape index (κ1) is 14.1. The van der Waals surface area contributed by atoms with Crippen molar-refractivity contribution in [1.29, 1.82) is 0 Å². The van der Waals surface area contributed by atoms with Crippen molar-refractivity contribution in [3.05, 3.63) is 23.7 Å². The second kappa shape index (κ2) is 5.78. The van der Waals surface area contributed by atoms with Crippen LogP contribution in [0.5, 0.6) is 0 Å². The van der Waals surface area contributed by atoms with E-state index in [-0.39, 0.29) is 5.91 Å². The molecular weight excluding hydrogens is 242 g/mol. The van der Waals surface area contributed by atoms with E-state index in [0.29, 0.717) is 30.2 Å². The van der Waals surface area contributed by atoms with Crippen molar-refractivity contribution in [1.82, 2.24) is 5.32 Å². The lowest BCUT2D eigenvalue weighted by Gasteiger charge is -2.35. The number of furan rings is 1. The highest BCUT2D eigenvalue weighted by atomic mass is 16.3. The molecule has 0 bridgehead atoms. The molecule has 0 aromatic carbocycles. The van der Waals surface area contributed by atoms with Gasteiger partial charge in [0.2, 0.25) is 0 Å². The van der Waals surface area contributed by atoms with Gasteiger partial charge in [0.15, 0.2) is 0 Å². The van der Waals surface area contributed by atoms with E-state index in [4.69, 9.17) is 4.42 Å². The van der Waals surface area contributed by atoms with Gasteiger partial charge in [-0.1, -0.05) is 26.7 Å². The predicted octanol–water partition coefficient (Wildman–Crippen LogP) is 2.51. The fraction of sp³-hybridized carbons (Fsp3) is 0.667. The Morgan fingerprint density at radius 1 is 1.63 bits per heavy atom. The smallest absolute Gasteiger partial charge is 0.254 e. The summed E-state index contributed by atoms with van der Waals surface area (Å²) < 4.78 is 5.25. The first-order valence-corrected chi connectivity index (χ1v) is 7.11. The lowest BCUT2D eigenvalue weighted by molar-refractivity contribution is -0.0109. The molecule has 19 heavy (non-hydrogen) atoms. The van der Waals surface area contributed by atoms with Crippen LogP contribution in [0, 0.1) is 5.92 Å². The van der Waals surface area contributed by atoms with Gasteiger partial charge in [0.05, 0.1) is 17.4 Å². The van der Waals surface area contributed by atoms with E-state index >= 15 is 0 Å². The zero-order chi connectivity index (χ0) is 13.9. The Kier molecular flexibility index (Phi) is 4.30. The number of aliphatic hydroxyl groups is 1. The van der Waals surface area contributed by atoms with Crippen molar-refractivity contribution in [2.24, 2.45) is 5.92 Å². The number of carbonyl (C=O) groups is 1. The molecule has 1 aliphatic rings. The van der Waals surface area contributed by atoms with Gasteiger partial charge >= 0.3 is 0 Å². The molecule has 1 aliphatic carbocycles. The molecule has 1 amide bonds. The largest absolute Gasteiger partial charge is 0.469 e. The molecule has 2 rings (SSSR count). The maximum atomic E-state index is 12.1. The van der Waals surface area contributed by atoms with Crippen LogP contribution in [0.15, 0.2) is 16.7 Å². The van der Waals surface area contributed by atoms with Gasteiger partial charge in [0.1, 0.15) is 5.76 Å². The Morgan fingerprint density at radius 2 is 2.42 bits per heavy atom. The van der Waals surface area contributed by atoms with Crippen molar-refractivity contribution in [3.63, 3.8) is 0 Å². The minimum absolute atomic E-state index is 0.155. The van der Waals surface area contributed by atoms with Gasteiger partial charge in [-0.2, -0.15) is 0 Å². The van der Waals surface area contributed by atoms with Crippen LogP contribution in [0.3, 0.4) is 0 Å². The molecule has 0 aliphatic heterocycles. The summed E-state index contributed by atoms with van der Waals surface area (Å²) in [6.07, 6.45) is 5.95. The monoisotopic (exact) mass is 265 g/mol. The second-order valence-electron chi connectivity index (χ2n) is 5.72. The van der Waals surface area contributed by atoms with Crippen LogP contribution < -0.4 is 5.32 Å². The van der Waals surface area contributed by atoms with Crippen LogP contribution in [0.1, 0.15) is 55.6 Å². The van der Waals surface area contributed by atoms with E-state index in [2.05, 4.69) is 12.2 Å². The Balaban J connectivity index is 1.93. The topological polar surface area (TPSA) is 62.5 Å². The Bertz CT molecular complexity index is 440. The van der Waals surface area contributed by atoms with E-state index in [1.807, 2.05) is 6.92 Å². The molecule has 1 fully saturated rings. The zero-order valence-electron chi connectivity index (χ0n) is 11.7. The fourth-order valence-corrected chi connectivity index (χ4v) is 2.95. The third-order valence-electron chi connectivity index (χ3n) is 3.96. The highest BCUT2D eigenvalue weighted by Gasteiger charge is 2.33. The van der Waals surface area contributed by atoms with E-state index in [1.165, 1.54) is 6.26 Å². The minimum atomic E-state index is -0.747. The molecule has 2 atom stereocenters. The Labute approximate surface area is 114 Å². The van der Waals surface area contributed by atoms with Crippen LogP contribution in [0.2, 0.25) is 0 Å². The lowest BCUT2D eigenvalue weighted by atomic mass is 9.79. The number of hydrogen-bond donors (Lipinski definition) is 2. The first-order valence-electron chi connectivity index (χ1n) is 7.11. The van der Waals surface area contributed by atoms with Crippen molar-refractivity contribution in [2.45, 2.75) is 51.6 Å². The third-order valence-corrected chi connectivity index (χ3v) is 3.96. The van der Waals surface area contributed by atoms with Crippen LogP contribution in [0.25, 0.3) is 0 Å². The molecule has 4 nitrogen and oxygen atoms in total. The summed E-state index contributed by atoms with van der Waals surface area (Å²) in [4.78, 5) is 12.1. The minimum Gasteiger partial charge on any atom is -0.469 e. The maximum Gasteiger partial charge on any atom is 0.254 e. The van der Waals surface area contributed by atoms with Crippen LogP contribution in [0.4, 0.5) is 0 Å². The average molecular weight is 265 g/mol. The normalized spacial score (nSPS) is 27.2. The number of hydrogen-bond acceptors (Lipinski definition) is 3. The van der Waals surface area contributed by atoms with Crippen molar-refractivity contribution < 1.29 is 14.3 Å². The molecule has 4 heteroatoms. The molecule has 0 saturated heterocycles. The summed E-state index contributed by atoms with van der Waals surface area (Å²) in [5.74, 6) is 1.06. The molecule has 1 saturated carbocycles. The van der Waals surface area contributed by atoms with Gasteiger partial charge in [-0.25, -0.2) is 0 Å². The summed E-state index contributed by atoms with van der Waals surface area (Å²) >= 11 is 0. The SMILES string of the molecule is CCc1occc1C(=O)NCC1(O)CCCC(C)C1. The number of aryl methyl sites for hydroxylation is 1. The van der Waals surface area contributed by atoms with E-state index in [9.17, 15) is 9.90 Å². The molecule has 0 radical (unpaired) electrons. The third kappa shape index (κ3) is 3.38. The molecule has 106 valence electrons.